The lowest BCUT2D eigenvalue weighted by Gasteiger charge is -2.30. The van der Waals surface area contributed by atoms with Crippen LogP contribution in [-0.2, 0) is 4.79 Å². The number of rotatable bonds is 5. The smallest absolute Gasteiger partial charge is 0.387 e. The molecule has 2 rings (SSSR count). The summed E-state index contributed by atoms with van der Waals surface area (Å²) in [7, 11) is 0. The van der Waals surface area contributed by atoms with Crippen molar-refractivity contribution < 1.29 is 18.3 Å². The van der Waals surface area contributed by atoms with E-state index in [4.69, 9.17) is 0 Å². The van der Waals surface area contributed by atoms with Crippen molar-refractivity contribution >= 4 is 11.6 Å². The van der Waals surface area contributed by atoms with Gasteiger partial charge < -0.3 is 15.0 Å². The Morgan fingerprint density at radius 3 is 2.57 bits per heavy atom. The number of benzene rings is 1. The Bertz CT molecular complexity index is 476. The lowest BCUT2D eigenvalue weighted by Crippen LogP contribution is -2.43. The summed E-state index contributed by atoms with van der Waals surface area (Å²) in [4.78, 5) is 14.1. The second-order valence-corrected chi connectivity index (χ2v) is 5.13. The van der Waals surface area contributed by atoms with E-state index in [0.717, 1.165) is 32.4 Å². The Morgan fingerprint density at radius 2 is 1.90 bits per heavy atom. The number of amides is 1. The number of hydrogen-bond donors (Lipinski definition) is 1. The first-order valence-electron chi connectivity index (χ1n) is 7.17. The van der Waals surface area contributed by atoms with Gasteiger partial charge in [0.05, 0.1) is 5.69 Å². The van der Waals surface area contributed by atoms with Crippen molar-refractivity contribution in [2.75, 3.05) is 18.4 Å². The molecule has 116 valence electrons. The minimum absolute atomic E-state index is 0.0125. The van der Waals surface area contributed by atoms with E-state index in [1.54, 1.807) is 25.1 Å². The largest absolute Gasteiger partial charge is 0.433 e. The van der Waals surface area contributed by atoms with Crippen LogP contribution in [0, 0.1) is 0 Å². The van der Waals surface area contributed by atoms with Gasteiger partial charge in [0.2, 0.25) is 5.91 Å². The molecule has 0 saturated carbocycles. The van der Waals surface area contributed by atoms with Gasteiger partial charge >= 0.3 is 6.61 Å². The fourth-order valence-corrected chi connectivity index (χ4v) is 2.47. The molecule has 1 unspecified atom stereocenters. The molecular formula is C15H20F2N2O2. The summed E-state index contributed by atoms with van der Waals surface area (Å²) >= 11 is 0. The maximum Gasteiger partial charge on any atom is 0.387 e. The molecule has 0 spiro atoms. The van der Waals surface area contributed by atoms with Crippen LogP contribution in [0.2, 0.25) is 0 Å². The van der Waals surface area contributed by atoms with Gasteiger partial charge in [0, 0.05) is 13.1 Å². The fourth-order valence-electron chi connectivity index (χ4n) is 2.47. The predicted molar refractivity (Wildman–Crippen MR) is 76.6 cm³/mol. The number of halogens is 2. The summed E-state index contributed by atoms with van der Waals surface area (Å²) < 4.78 is 29.2. The number of hydrogen-bond acceptors (Lipinski definition) is 3. The molecule has 0 aliphatic carbocycles. The molecule has 21 heavy (non-hydrogen) atoms. The van der Waals surface area contributed by atoms with Crippen LogP contribution in [0.3, 0.4) is 0 Å². The molecule has 1 aliphatic heterocycles. The zero-order valence-electron chi connectivity index (χ0n) is 12.0. The van der Waals surface area contributed by atoms with Gasteiger partial charge in [-0.3, -0.25) is 4.79 Å². The van der Waals surface area contributed by atoms with Gasteiger partial charge in [0.15, 0.2) is 0 Å². The van der Waals surface area contributed by atoms with Crippen LogP contribution in [0.4, 0.5) is 14.5 Å². The van der Waals surface area contributed by atoms with Crippen LogP contribution in [0.25, 0.3) is 0 Å². The molecule has 0 radical (unpaired) electrons. The summed E-state index contributed by atoms with van der Waals surface area (Å²) in [6, 6.07) is 5.91. The number of alkyl halides is 2. The average Bonchev–Trinajstić information content (AvgIpc) is 2.49. The zero-order valence-corrected chi connectivity index (χ0v) is 12.0. The van der Waals surface area contributed by atoms with Crippen molar-refractivity contribution in [3.63, 3.8) is 0 Å². The van der Waals surface area contributed by atoms with E-state index in [1.165, 1.54) is 6.07 Å². The second kappa shape index (κ2) is 7.24. The highest BCUT2D eigenvalue weighted by atomic mass is 19.3. The first kappa shape index (κ1) is 15.5. The molecule has 1 N–H and O–H groups in total. The molecule has 1 aliphatic rings. The van der Waals surface area contributed by atoms with Crippen molar-refractivity contribution in [1.82, 2.24) is 4.90 Å². The maximum absolute atomic E-state index is 12.4. The summed E-state index contributed by atoms with van der Waals surface area (Å²) in [5.74, 6) is 0.0346. The summed E-state index contributed by atoms with van der Waals surface area (Å²) in [6.45, 7) is 0.372. The maximum atomic E-state index is 12.4. The zero-order chi connectivity index (χ0) is 15.2. The Labute approximate surface area is 123 Å². The van der Waals surface area contributed by atoms with Crippen LogP contribution in [0.5, 0.6) is 5.75 Å². The van der Waals surface area contributed by atoms with E-state index in [-0.39, 0.29) is 11.7 Å². The van der Waals surface area contributed by atoms with Crippen molar-refractivity contribution in [2.24, 2.45) is 0 Å². The number of para-hydroxylation sites is 2. The first-order valence-corrected chi connectivity index (χ1v) is 7.17. The fraction of sp³-hybridized carbons (Fsp3) is 0.533. The van der Waals surface area contributed by atoms with Gasteiger partial charge in [-0.1, -0.05) is 12.1 Å². The number of nitrogens with one attached hydrogen (secondary N) is 1. The quantitative estimate of drug-likeness (QED) is 0.908. The highest BCUT2D eigenvalue weighted by molar-refractivity contribution is 5.84. The number of piperidine rings is 1. The van der Waals surface area contributed by atoms with Crippen LogP contribution in [0.15, 0.2) is 24.3 Å². The van der Waals surface area contributed by atoms with E-state index in [1.807, 2.05) is 4.90 Å². The average molecular weight is 298 g/mol. The van der Waals surface area contributed by atoms with E-state index in [0.29, 0.717) is 5.69 Å². The van der Waals surface area contributed by atoms with Crippen molar-refractivity contribution in [2.45, 2.75) is 38.8 Å². The van der Waals surface area contributed by atoms with Crippen molar-refractivity contribution in [3.8, 4) is 5.75 Å². The second-order valence-electron chi connectivity index (χ2n) is 5.13. The molecule has 1 heterocycles. The topological polar surface area (TPSA) is 41.6 Å². The Hall–Kier alpha value is -1.85. The standard InChI is InChI=1S/C15H20F2N2O2/c1-11(14(20)19-9-5-2-6-10-19)18-12-7-3-4-8-13(12)21-15(16)17/h3-4,7-8,11,15,18H,2,5-6,9-10H2,1H3. The van der Waals surface area contributed by atoms with Gasteiger partial charge in [-0.2, -0.15) is 8.78 Å². The van der Waals surface area contributed by atoms with Crippen molar-refractivity contribution in [3.05, 3.63) is 24.3 Å². The Kier molecular flexibility index (Phi) is 5.36. The molecule has 1 fully saturated rings. The lowest BCUT2D eigenvalue weighted by atomic mass is 10.1. The van der Waals surface area contributed by atoms with Gasteiger partial charge in [0.25, 0.3) is 0 Å². The summed E-state index contributed by atoms with van der Waals surface area (Å²) in [6.07, 6.45) is 3.18. The molecular weight excluding hydrogens is 278 g/mol. The highest BCUT2D eigenvalue weighted by Gasteiger charge is 2.23. The molecule has 1 aromatic rings. The minimum Gasteiger partial charge on any atom is -0.433 e. The molecule has 0 bridgehead atoms. The van der Waals surface area contributed by atoms with E-state index in [9.17, 15) is 13.6 Å². The molecule has 1 amide bonds. The van der Waals surface area contributed by atoms with Crippen LogP contribution >= 0.6 is 0 Å². The van der Waals surface area contributed by atoms with Crippen LogP contribution in [0.1, 0.15) is 26.2 Å². The van der Waals surface area contributed by atoms with Crippen LogP contribution < -0.4 is 10.1 Å². The third kappa shape index (κ3) is 4.31. The molecule has 0 aromatic heterocycles. The molecule has 4 nitrogen and oxygen atoms in total. The van der Waals surface area contributed by atoms with Crippen LogP contribution in [-0.4, -0.2) is 36.5 Å². The molecule has 1 saturated heterocycles. The van der Waals surface area contributed by atoms with Gasteiger partial charge in [-0.25, -0.2) is 0 Å². The molecule has 1 aromatic carbocycles. The summed E-state index contributed by atoms with van der Waals surface area (Å²) in [5, 5.41) is 2.96. The lowest BCUT2D eigenvalue weighted by molar-refractivity contribution is -0.132. The van der Waals surface area contributed by atoms with E-state index in [2.05, 4.69) is 10.1 Å². The third-order valence-corrected chi connectivity index (χ3v) is 3.51. The SMILES string of the molecule is CC(Nc1ccccc1OC(F)F)C(=O)N1CCCCC1. The van der Waals surface area contributed by atoms with Crippen molar-refractivity contribution in [1.29, 1.82) is 0 Å². The Morgan fingerprint density at radius 1 is 1.24 bits per heavy atom. The number of anilines is 1. The van der Waals surface area contributed by atoms with Gasteiger partial charge in [-0.05, 0) is 38.3 Å². The molecule has 6 heteroatoms. The number of carbonyl (C=O) groups excluding carboxylic acids is 1. The number of likely N-dealkylation sites (tertiary alicyclic amines) is 1. The predicted octanol–water partition coefficient (Wildman–Crippen LogP) is 3.10. The Balaban J connectivity index is 2.01. The minimum atomic E-state index is -2.89. The summed E-state index contributed by atoms with van der Waals surface area (Å²) in [5.41, 5.74) is 0.399. The first-order chi connectivity index (χ1) is 10.1. The number of carbonyl (C=O) groups is 1. The molecule has 1 atom stereocenters. The normalized spacial score (nSPS) is 16.7. The third-order valence-electron chi connectivity index (χ3n) is 3.51. The monoisotopic (exact) mass is 298 g/mol. The van der Waals surface area contributed by atoms with Gasteiger partial charge in [-0.15, -0.1) is 0 Å². The van der Waals surface area contributed by atoms with E-state index >= 15 is 0 Å². The highest BCUT2D eigenvalue weighted by Crippen LogP contribution is 2.26. The number of ether oxygens (including phenoxy) is 1. The van der Waals surface area contributed by atoms with Gasteiger partial charge in [0.1, 0.15) is 11.8 Å². The van der Waals surface area contributed by atoms with E-state index < -0.39 is 12.7 Å². The number of nitrogens with zero attached hydrogens (tertiary/aromatic N) is 1.